The molecule has 0 aliphatic heterocycles. The van der Waals surface area contributed by atoms with Gasteiger partial charge in [0.05, 0.1) is 11.0 Å². The Bertz CT molecular complexity index is 470. The minimum Gasteiger partial charge on any atom is -0.381 e. The average Bonchev–Trinajstić information content (AvgIpc) is 2.08. The van der Waals surface area contributed by atoms with Gasteiger partial charge in [0.2, 0.25) is 0 Å². The molecule has 13 heavy (non-hydrogen) atoms. The van der Waals surface area contributed by atoms with E-state index in [4.69, 9.17) is 28.9 Å². The van der Waals surface area contributed by atoms with E-state index in [-0.39, 0.29) is 11.0 Å². The molecule has 66 valence electrons. The van der Waals surface area contributed by atoms with Crippen LogP contribution >= 0.6 is 23.2 Å². The zero-order valence-electron chi connectivity index (χ0n) is 6.46. The number of hydrogen-bond acceptors (Lipinski definition) is 3. The highest BCUT2D eigenvalue weighted by molar-refractivity contribution is 6.32. The largest absolute Gasteiger partial charge is 0.381 e. The Kier molecular flexibility index (Phi) is 1.98. The van der Waals surface area contributed by atoms with Gasteiger partial charge in [0.25, 0.3) is 0 Å². The van der Waals surface area contributed by atoms with E-state index in [1.54, 1.807) is 18.2 Å². The van der Waals surface area contributed by atoms with Crippen molar-refractivity contribution in [2.24, 2.45) is 0 Å². The molecule has 0 aliphatic carbocycles. The predicted molar refractivity (Wildman–Crippen MR) is 54.0 cm³/mol. The van der Waals surface area contributed by atoms with E-state index in [9.17, 15) is 0 Å². The maximum Gasteiger partial charge on any atom is 0.171 e. The number of anilines is 1. The van der Waals surface area contributed by atoms with Crippen LogP contribution in [0.25, 0.3) is 11.0 Å². The van der Waals surface area contributed by atoms with Gasteiger partial charge in [-0.2, -0.15) is 0 Å². The lowest BCUT2D eigenvalue weighted by molar-refractivity contribution is 1.30. The monoisotopic (exact) mass is 213 g/mol. The standard InChI is InChI=1S/C8H5Cl2N3/c9-4-1-2-5-6(3-4)12-7(10)8(11)13-5/h1-3H,(H2,11,13). The van der Waals surface area contributed by atoms with Gasteiger partial charge in [0, 0.05) is 5.02 Å². The molecule has 0 aliphatic rings. The van der Waals surface area contributed by atoms with Crippen molar-refractivity contribution in [3.8, 4) is 0 Å². The van der Waals surface area contributed by atoms with E-state index >= 15 is 0 Å². The van der Waals surface area contributed by atoms with Crippen LogP contribution in [0.5, 0.6) is 0 Å². The maximum absolute atomic E-state index is 5.77. The van der Waals surface area contributed by atoms with Crippen LogP contribution in [0.2, 0.25) is 10.2 Å². The summed E-state index contributed by atoms with van der Waals surface area (Å²) >= 11 is 11.5. The highest BCUT2D eigenvalue weighted by Crippen LogP contribution is 2.21. The number of benzene rings is 1. The van der Waals surface area contributed by atoms with Crippen molar-refractivity contribution in [2.45, 2.75) is 0 Å². The van der Waals surface area contributed by atoms with E-state index < -0.39 is 0 Å². The molecular weight excluding hydrogens is 209 g/mol. The molecule has 1 aromatic heterocycles. The number of halogens is 2. The molecule has 2 rings (SSSR count). The van der Waals surface area contributed by atoms with Crippen molar-refractivity contribution in [2.75, 3.05) is 5.73 Å². The van der Waals surface area contributed by atoms with Crippen LogP contribution in [0.15, 0.2) is 18.2 Å². The van der Waals surface area contributed by atoms with Crippen molar-refractivity contribution < 1.29 is 0 Å². The summed E-state index contributed by atoms with van der Waals surface area (Å²) in [6.45, 7) is 0. The lowest BCUT2D eigenvalue weighted by Gasteiger charge is -2.00. The van der Waals surface area contributed by atoms with Gasteiger partial charge < -0.3 is 5.73 Å². The first-order valence-electron chi connectivity index (χ1n) is 3.55. The molecule has 1 heterocycles. The van der Waals surface area contributed by atoms with Crippen LogP contribution < -0.4 is 5.73 Å². The van der Waals surface area contributed by atoms with Gasteiger partial charge >= 0.3 is 0 Å². The zero-order chi connectivity index (χ0) is 9.42. The molecule has 2 aromatic rings. The number of nitrogen functional groups attached to an aromatic ring is 1. The number of rotatable bonds is 0. The van der Waals surface area contributed by atoms with Crippen molar-refractivity contribution in [1.29, 1.82) is 0 Å². The van der Waals surface area contributed by atoms with Crippen LogP contribution in [-0.2, 0) is 0 Å². The van der Waals surface area contributed by atoms with E-state index in [1.165, 1.54) is 0 Å². The summed E-state index contributed by atoms with van der Waals surface area (Å²) in [6, 6.07) is 5.17. The van der Waals surface area contributed by atoms with Gasteiger partial charge in [0.15, 0.2) is 11.0 Å². The fourth-order valence-electron chi connectivity index (χ4n) is 1.02. The molecule has 0 radical (unpaired) electrons. The first-order chi connectivity index (χ1) is 6.16. The van der Waals surface area contributed by atoms with Crippen molar-refractivity contribution in [3.63, 3.8) is 0 Å². The molecule has 1 aromatic carbocycles. The van der Waals surface area contributed by atoms with E-state index in [2.05, 4.69) is 9.97 Å². The Morgan fingerprint density at radius 2 is 1.85 bits per heavy atom. The Labute approximate surface area is 84.5 Å². The summed E-state index contributed by atoms with van der Waals surface area (Å²) in [7, 11) is 0. The third-order valence-electron chi connectivity index (χ3n) is 1.61. The predicted octanol–water partition coefficient (Wildman–Crippen LogP) is 2.52. The third kappa shape index (κ3) is 1.53. The van der Waals surface area contributed by atoms with Crippen LogP contribution in [0.1, 0.15) is 0 Å². The molecule has 3 nitrogen and oxygen atoms in total. The smallest absolute Gasteiger partial charge is 0.171 e. The fourth-order valence-corrected chi connectivity index (χ4v) is 1.32. The number of nitrogens with two attached hydrogens (primary N) is 1. The van der Waals surface area contributed by atoms with Crippen molar-refractivity contribution in [1.82, 2.24) is 9.97 Å². The van der Waals surface area contributed by atoms with Crippen molar-refractivity contribution >= 4 is 40.1 Å². The first kappa shape index (κ1) is 8.53. The Hall–Kier alpha value is -1.06. The van der Waals surface area contributed by atoms with Gasteiger partial charge in [0.1, 0.15) is 0 Å². The fraction of sp³-hybridized carbons (Fsp3) is 0. The van der Waals surface area contributed by atoms with E-state index in [0.717, 1.165) is 0 Å². The lowest BCUT2D eigenvalue weighted by atomic mass is 10.3. The quantitative estimate of drug-likeness (QED) is 0.732. The Morgan fingerprint density at radius 1 is 1.08 bits per heavy atom. The zero-order valence-corrected chi connectivity index (χ0v) is 7.97. The number of hydrogen-bond donors (Lipinski definition) is 1. The SMILES string of the molecule is Nc1nc2ccc(Cl)cc2nc1Cl. The maximum atomic E-state index is 5.77. The molecule has 0 spiro atoms. The molecule has 0 bridgehead atoms. The highest BCUT2D eigenvalue weighted by Gasteiger charge is 2.03. The lowest BCUT2D eigenvalue weighted by Crippen LogP contribution is -1.94. The van der Waals surface area contributed by atoms with Crippen molar-refractivity contribution in [3.05, 3.63) is 28.4 Å². The molecule has 0 fully saturated rings. The second kappa shape index (κ2) is 3.01. The first-order valence-corrected chi connectivity index (χ1v) is 4.31. The summed E-state index contributed by atoms with van der Waals surface area (Å²) < 4.78 is 0. The molecular formula is C8H5Cl2N3. The third-order valence-corrected chi connectivity index (χ3v) is 2.12. The van der Waals surface area contributed by atoms with Gasteiger partial charge in [-0.3, -0.25) is 0 Å². The molecule has 0 amide bonds. The number of aromatic nitrogens is 2. The number of fused-ring (bicyclic) bond motifs is 1. The summed E-state index contributed by atoms with van der Waals surface area (Å²) in [5.41, 5.74) is 6.82. The van der Waals surface area contributed by atoms with Crippen LogP contribution in [-0.4, -0.2) is 9.97 Å². The van der Waals surface area contributed by atoms with Crippen LogP contribution in [0, 0.1) is 0 Å². The molecule has 0 saturated carbocycles. The average molecular weight is 214 g/mol. The second-order valence-corrected chi connectivity index (χ2v) is 3.33. The molecule has 0 saturated heterocycles. The van der Waals surface area contributed by atoms with Gasteiger partial charge in [-0.15, -0.1) is 0 Å². The summed E-state index contributed by atoms with van der Waals surface area (Å²) in [5.74, 6) is 0.233. The van der Waals surface area contributed by atoms with Gasteiger partial charge in [-0.1, -0.05) is 23.2 Å². The Morgan fingerprint density at radius 3 is 2.62 bits per heavy atom. The van der Waals surface area contributed by atoms with Crippen LogP contribution in [0.3, 0.4) is 0 Å². The Balaban J connectivity index is 2.81. The minimum absolute atomic E-state index is 0.203. The summed E-state index contributed by atoms with van der Waals surface area (Å²) in [5, 5.41) is 0.803. The van der Waals surface area contributed by atoms with Gasteiger partial charge in [-0.25, -0.2) is 9.97 Å². The topological polar surface area (TPSA) is 51.8 Å². The molecule has 0 unspecified atom stereocenters. The van der Waals surface area contributed by atoms with E-state index in [1.807, 2.05) is 0 Å². The van der Waals surface area contributed by atoms with Gasteiger partial charge in [-0.05, 0) is 18.2 Å². The number of nitrogens with zero attached hydrogens (tertiary/aromatic N) is 2. The normalized spacial score (nSPS) is 10.6. The highest BCUT2D eigenvalue weighted by atomic mass is 35.5. The second-order valence-electron chi connectivity index (χ2n) is 2.53. The molecule has 2 N–H and O–H groups in total. The summed E-state index contributed by atoms with van der Waals surface area (Å²) in [4.78, 5) is 8.07. The molecule has 0 atom stereocenters. The van der Waals surface area contributed by atoms with E-state index in [0.29, 0.717) is 16.1 Å². The van der Waals surface area contributed by atoms with Crippen LogP contribution in [0.4, 0.5) is 5.82 Å². The summed E-state index contributed by atoms with van der Waals surface area (Å²) in [6.07, 6.45) is 0. The molecule has 5 heteroatoms. The minimum atomic E-state index is 0.203.